The van der Waals surface area contributed by atoms with Crippen molar-refractivity contribution in [3.05, 3.63) is 59.5 Å². The summed E-state index contributed by atoms with van der Waals surface area (Å²) < 4.78 is 31.4. The molecule has 0 radical (unpaired) electrons. The summed E-state index contributed by atoms with van der Waals surface area (Å²) in [4.78, 5) is 4.89. The van der Waals surface area contributed by atoms with Gasteiger partial charge in [0.05, 0.1) is 22.0 Å². The van der Waals surface area contributed by atoms with E-state index in [-0.39, 0.29) is 4.90 Å². The molecule has 0 saturated heterocycles. The third-order valence-corrected chi connectivity index (χ3v) is 5.51. The van der Waals surface area contributed by atoms with Gasteiger partial charge >= 0.3 is 0 Å². The highest BCUT2D eigenvalue weighted by atomic mass is 32.2. The molecule has 1 aliphatic heterocycles. The first-order valence-corrected chi connectivity index (χ1v) is 9.86. The lowest BCUT2D eigenvalue weighted by Crippen LogP contribution is -2.14. The maximum Gasteiger partial charge on any atom is 0.175 e. The third kappa shape index (κ3) is 2.62. The Morgan fingerprint density at radius 3 is 2.48 bits per heavy atom. The van der Waals surface area contributed by atoms with Crippen LogP contribution in [0.15, 0.2) is 47.4 Å². The fourth-order valence-corrected chi connectivity index (χ4v) is 3.80. The number of aryl methyl sites for hydroxylation is 2. The number of hydrogen-bond donors (Lipinski definition) is 0. The second kappa shape index (κ2) is 5.46. The first-order valence-electron chi connectivity index (χ1n) is 7.97. The van der Waals surface area contributed by atoms with Gasteiger partial charge in [0.25, 0.3) is 0 Å². The summed E-state index contributed by atoms with van der Waals surface area (Å²) in [6, 6.07) is 13.3. The molecule has 2 aromatic carbocycles. The predicted molar refractivity (Wildman–Crippen MR) is 95.9 cm³/mol. The lowest BCUT2D eigenvalue weighted by atomic mass is 10.1. The van der Waals surface area contributed by atoms with Gasteiger partial charge in [-0.25, -0.2) is 13.4 Å². The number of imidazole rings is 1. The summed E-state index contributed by atoms with van der Waals surface area (Å²) >= 11 is 0. The largest absolute Gasteiger partial charge is 0.483 e. The van der Waals surface area contributed by atoms with Crippen LogP contribution in [0.4, 0.5) is 0 Å². The molecule has 1 aliphatic rings. The zero-order chi connectivity index (χ0) is 17.8. The quantitative estimate of drug-likeness (QED) is 0.707. The molecule has 0 unspecified atom stereocenters. The zero-order valence-corrected chi connectivity index (χ0v) is 15.1. The molecule has 0 N–H and O–H groups in total. The molecule has 0 atom stereocenters. The maximum atomic E-state index is 11.8. The van der Waals surface area contributed by atoms with Crippen molar-refractivity contribution in [1.82, 2.24) is 9.55 Å². The third-order valence-electron chi connectivity index (χ3n) is 4.40. The van der Waals surface area contributed by atoms with Crippen LogP contribution in [0.2, 0.25) is 0 Å². The lowest BCUT2D eigenvalue weighted by molar-refractivity contribution is 0.279. The minimum Gasteiger partial charge on any atom is -0.483 e. The number of sulfone groups is 1. The molecule has 0 aliphatic carbocycles. The van der Waals surface area contributed by atoms with Gasteiger partial charge in [-0.1, -0.05) is 29.8 Å². The van der Waals surface area contributed by atoms with Gasteiger partial charge in [-0.3, -0.25) is 4.57 Å². The van der Waals surface area contributed by atoms with Crippen molar-refractivity contribution in [2.75, 3.05) is 6.26 Å². The Hall–Kier alpha value is -2.60. The molecular weight excluding hydrogens is 336 g/mol. The Balaban J connectivity index is 1.94. The molecule has 0 saturated carbocycles. The number of fused-ring (bicyclic) bond motifs is 3. The smallest absolute Gasteiger partial charge is 0.175 e. The van der Waals surface area contributed by atoms with Crippen LogP contribution in [0.5, 0.6) is 5.75 Å². The highest BCUT2D eigenvalue weighted by Gasteiger charge is 2.25. The van der Waals surface area contributed by atoms with E-state index in [9.17, 15) is 8.42 Å². The summed E-state index contributed by atoms with van der Waals surface area (Å²) in [6.07, 6.45) is 1.20. The molecule has 3 aromatic rings. The summed E-state index contributed by atoms with van der Waals surface area (Å²) in [5.74, 6) is 1.37. The predicted octanol–water partition coefficient (Wildman–Crippen LogP) is 3.45. The normalized spacial score (nSPS) is 13.1. The number of rotatable bonds is 2. The van der Waals surface area contributed by atoms with Gasteiger partial charge in [0.2, 0.25) is 0 Å². The Bertz CT molecular complexity index is 1080. The van der Waals surface area contributed by atoms with Crippen LogP contribution in [0, 0.1) is 13.8 Å². The topological polar surface area (TPSA) is 61.2 Å². The average molecular weight is 354 g/mol. The standard InChI is InChI=1S/C19H18N2O3S/c1-12-4-6-14(7-5-12)19-13(2)20-18-11-24-17-10-15(25(3,22)23)8-9-16(17)21(18)19/h4-10H,11H2,1-3H3. The first-order chi connectivity index (χ1) is 11.8. The van der Waals surface area contributed by atoms with Gasteiger partial charge in [0, 0.05) is 17.9 Å². The molecule has 4 rings (SSSR count). The molecule has 0 fully saturated rings. The first kappa shape index (κ1) is 15.9. The van der Waals surface area contributed by atoms with E-state index in [0.717, 1.165) is 28.5 Å². The fraction of sp³-hybridized carbons (Fsp3) is 0.211. The molecule has 25 heavy (non-hydrogen) atoms. The highest BCUT2D eigenvalue weighted by molar-refractivity contribution is 7.90. The summed E-state index contributed by atoms with van der Waals surface area (Å²) in [6.45, 7) is 4.34. The highest BCUT2D eigenvalue weighted by Crippen LogP contribution is 2.37. The van der Waals surface area contributed by atoms with Crippen LogP contribution in [-0.2, 0) is 16.4 Å². The van der Waals surface area contributed by atoms with Crippen LogP contribution >= 0.6 is 0 Å². The van der Waals surface area contributed by atoms with E-state index in [2.05, 4.69) is 40.7 Å². The van der Waals surface area contributed by atoms with Crippen molar-refractivity contribution in [2.45, 2.75) is 25.3 Å². The molecule has 0 bridgehead atoms. The van der Waals surface area contributed by atoms with E-state index in [4.69, 9.17) is 4.74 Å². The summed E-state index contributed by atoms with van der Waals surface area (Å²) in [5.41, 5.74) is 5.00. The van der Waals surface area contributed by atoms with E-state index in [1.807, 2.05) is 6.92 Å². The summed E-state index contributed by atoms with van der Waals surface area (Å²) in [5, 5.41) is 0. The number of ether oxygens (including phenoxy) is 1. The van der Waals surface area contributed by atoms with E-state index in [1.165, 1.54) is 11.8 Å². The number of hydrogen-bond acceptors (Lipinski definition) is 4. The van der Waals surface area contributed by atoms with Crippen molar-refractivity contribution in [1.29, 1.82) is 0 Å². The molecule has 0 amide bonds. The van der Waals surface area contributed by atoms with E-state index in [0.29, 0.717) is 12.4 Å². The molecular formula is C19H18N2O3S. The number of nitrogens with zero attached hydrogens (tertiary/aromatic N) is 2. The molecule has 2 heterocycles. The van der Waals surface area contributed by atoms with Gasteiger partial charge in [-0.2, -0.15) is 0 Å². The number of benzene rings is 2. The van der Waals surface area contributed by atoms with E-state index >= 15 is 0 Å². The van der Waals surface area contributed by atoms with Crippen LogP contribution in [0.3, 0.4) is 0 Å². The van der Waals surface area contributed by atoms with Crippen molar-refractivity contribution < 1.29 is 13.2 Å². The van der Waals surface area contributed by atoms with Crippen LogP contribution in [0.25, 0.3) is 16.9 Å². The fourth-order valence-electron chi connectivity index (χ4n) is 3.16. The van der Waals surface area contributed by atoms with Crippen molar-refractivity contribution >= 4 is 9.84 Å². The van der Waals surface area contributed by atoms with E-state index < -0.39 is 9.84 Å². The van der Waals surface area contributed by atoms with Crippen LogP contribution in [0.1, 0.15) is 17.1 Å². The molecule has 6 heteroatoms. The van der Waals surface area contributed by atoms with Crippen molar-refractivity contribution in [3.63, 3.8) is 0 Å². The Labute approximate surface area is 146 Å². The maximum absolute atomic E-state index is 11.8. The van der Waals surface area contributed by atoms with E-state index in [1.54, 1.807) is 18.2 Å². The minimum absolute atomic E-state index is 0.253. The molecule has 1 aromatic heterocycles. The second-order valence-electron chi connectivity index (χ2n) is 6.35. The van der Waals surface area contributed by atoms with Crippen LogP contribution < -0.4 is 4.74 Å². The van der Waals surface area contributed by atoms with Gasteiger partial charge in [-0.05, 0) is 26.0 Å². The van der Waals surface area contributed by atoms with Crippen molar-refractivity contribution in [2.24, 2.45) is 0 Å². The molecule has 128 valence electrons. The Morgan fingerprint density at radius 2 is 1.80 bits per heavy atom. The summed E-state index contributed by atoms with van der Waals surface area (Å²) in [7, 11) is -3.28. The van der Waals surface area contributed by atoms with Crippen LogP contribution in [-0.4, -0.2) is 24.2 Å². The monoisotopic (exact) mass is 354 g/mol. The van der Waals surface area contributed by atoms with Gasteiger partial charge in [0.1, 0.15) is 12.4 Å². The SMILES string of the molecule is Cc1ccc(-c2c(C)nc3n2-c2ccc(S(C)(=O)=O)cc2OC3)cc1. The second-order valence-corrected chi connectivity index (χ2v) is 8.37. The van der Waals surface area contributed by atoms with Gasteiger partial charge in [0.15, 0.2) is 15.7 Å². The average Bonchev–Trinajstić information content (AvgIpc) is 2.90. The van der Waals surface area contributed by atoms with Crippen molar-refractivity contribution in [3.8, 4) is 22.7 Å². The minimum atomic E-state index is -3.28. The van der Waals surface area contributed by atoms with Gasteiger partial charge in [-0.15, -0.1) is 0 Å². The number of aromatic nitrogens is 2. The Morgan fingerprint density at radius 1 is 1.08 bits per heavy atom. The lowest BCUT2D eigenvalue weighted by Gasteiger charge is -2.22. The zero-order valence-electron chi connectivity index (χ0n) is 14.3. The van der Waals surface area contributed by atoms with Gasteiger partial charge < -0.3 is 4.74 Å². The Kier molecular flexibility index (Phi) is 3.47. The molecule has 5 nitrogen and oxygen atoms in total. The molecule has 0 spiro atoms.